The Hall–Kier alpha value is -3.06. The fraction of sp³-hybridized carbons (Fsp3) is 0.167. The fourth-order valence-corrected chi connectivity index (χ4v) is 2.82. The number of hydrogen-bond donors (Lipinski definition) is 1. The van der Waals surface area contributed by atoms with Crippen molar-refractivity contribution in [1.82, 2.24) is 15.2 Å². The summed E-state index contributed by atoms with van der Waals surface area (Å²) in [6.45, 7) is 0. The molecule has 0 radical (unpaired) electrons. The zero-order valence-corrected chi connectivity index (χ0v) is 15.2. The van der Waals surface area contributed by atoms with Crippen LogP contribution in [0.1, 0.15) is 0 Å². The van der Waals surface area contributed by atoms with Gasteiger partial charge in [-0.1, -0.05) is 29.8 Å². The molecule has 0 amide bonds. The summed E-state index contributed by atoms with van der Waals surface area (Å²) < 4.78 is 16.2. The molecule has 1 heterocycles. The van der Waals surface area contributed by atoms with Crippen molar-refractivity contribution in [3.8, 4) is 39.8 Å². The van der Waals surface area contributed by atoms with Crippen molar-refractivity contribution in [1.29, 1.82) is 0 Å². The summed E-state index contributed by atoms with van der Waals surface area (Å²) in [6, 6.07) is 10.8. The van der Waals surface area contributed by atoms with Gasteiger partial charge in [0.05, 0.1) is 26.4 Å². The third-order valence-corrected chi connectivity index (χ3v) is 4.10. The van der Waals surface area contributed by atoms with Gasteiger partial charge in [-0.2, -0.15) is 0 Å². The number of methoxy groups -OCH3 is 3. The second kappa shape index (κ2) is 7.45. The predicted octanol–water partition coefficient (Wildman–Crippen LogP) is 3.47. The smallest absolute Gasteiger partial charge is 0.240 e. The molecule has 8 heteroatoms. The van der Waals surface area contributed by atoms with Crippen LogP contribution >= 0.6 is 11.6 Å². The number of anilines is 1. The molecule has 0 aliphatic rings. The molecule has 3 aromatic rings. The van der Waals surface area contributed by atoms with E-state index in [1.165, 1.54) is 0 Å². The molecule has 0 saturated heterocycles. The molecule has 0 bridgehead atoms. The Kier molecular flexibility index (Phi) is 5.09. The minimum atomic E-state index is 0.0520. The van der Waals surface area contributed by atoms with Crippen molar-refractivity contribution in [2.24, 2.45) is 0 Å². The van der Waals surface area contributed by atoms with Gasteiger partial charge in [-0.05, 0) is 18.2 Å². The van der Waals surface area contributed by atoms with E-state index in [-0.39, 0.29) is 5.95 Å². The van der Waals surface area contributed by atoms with E-state index in [2.05, 4.69) is 15.2 Å². The zero-order valence-electron chi connectivity index (χ0n) is 14.5. The van der Waals surface area contributed by atoms with Gasteiger partial charge in [0.2, 0.25) is 11.7 Å². The first-order valence-electron chi connectivity index (χ1n) is 7.64. The maximum absolute atomic E-state index is 6.34. The van der Waals surface area contributed by atoms with Crippen molar-refractivity contribution in [2.45, 2.75) is 0 Å². The Morgan fingerprint density at radius 3 is 2.12 bits per heavy atom. The second-order valence-electron chi connectivity index (χ2n) is 5.26. The van der Waals surface area contributed by atoms with Gasteiger partial charge in [-0.15, -0.1) is 10.2 Å². The summed E-state index contributed by atoms with van der Waals surface area (Å²) in [5, 5.41) is 8.64. The Labute approximate surface area is 155 Å². The molecular formula is C18H17ClN4O3. The molecule has 0 aliphatic carbocycles. The van der Waals surface area contributed by atoms with E-state index in [1.807, 2.05) is 18.2 Å². The van der Waals surface area contributed by atoms with Crippen molar-refractivity contribution >= 4 is 17.5 Å². The number of nitrogens with zero attached hydrogens (tertiary/aromatic N) is 3. The van der Waals surface area contributed by atoms with Crippen LogP contribution in [-0.4, -0.2) is 36.5 Å². The summed E-state index contributed by atoms with van der Waals surface area (Å²) in [7, 11) is 4.63. The molecule has 2 N–H and O–H groups in total. The van der Waals surface area contributed by atoms with Crippen LogP contribution in [-0.2, 0) is 0 Å². The molecule has 134 valence electrons. The molecule has 0 saturated carbocycles. The maximum Gasteiger partial charge on any atom is 0.240 e. The maximum atomic E-state index is 6.34. The normalized spacial score (nSPS) is 10.5. The van der Waals surface area contributed by atoms with Gasteiger partial charge in [-0.25, -0.2) is 4.98 Å². The minimum absolute atomic E-state index is 0.0520. The SMILES string of the molecule is COc1cc(-c2nnc(N)nc2-c2ccccc2Cl)cc(OC)c1OC. The van der Waals surface area contributed by atoms with Crippen LogP contribution in [0.5, 0.6) is 17.2 Å². The average Bonchev–Trinajstić information content (AvgIpc) is 2.67. The first-order chi connectivity index (χ1) is 12.6. The zero-order chi connectivity index (χ0) is 18.7. The van der Waals surface area contributed by atoms with E-state index in [1.54, 1.807) is 39.5 Å². The summed E-state index contributed by atoms with van der Waals surface area (Å²) in [5.74, 6) is 1.52. The number of benzene rings is 2. The number of halogens is 1. The van der Waals surface area contributed by atoms with Crippen LogP contribution in [0.4, 0.5) is 5.95 Å². The molecule has 0 fully saturated rings. The van der Waals surface area contributed by atoms with E-state index in [0.29, 0.717) is 44.8 Å². The molecule has 0 spiro atoms. The predicted molar refractivity (Wildman–Crippen MR) is 99.8 cm³/mol. The van der Waals surface area contributed by atoms with Crippen LogP contribution < -0.4 is 19.9 Å². The molecule has 1 aromatic heterocycles. The summed E-state index contributed by atoms with van der Waals surface area (Å²) in [4.78, 5) is 4.34. The van der Waals surface area contributed by atoms with Gasteiger partial charge >= 0.3 is 0 Å². The highest BCUT2D eigenvalue weighted by Gasteiger charge is 2.20. The number of rotatable bonds is 5. The third kappa shape index (κ3) is 3.21. The van der Waals surface area contributed by atoms with Gasteiger partial charge < -0.3 is 19.9 Å². The Morgan fingerprint density at radius 2 is 1.54 bits per heavy atom. The van der Waals surface area contributed by atoms with Gasteiger partial charge in [0, 0.05) is 11.1 Å². The van der Waals surface area contributed by atoms with Gasteiger partial charge in [0.15, 0.2) is 11.5 Å². The Bertz CT molecular complexity index is 924. The lowest BCUT2D eigenvalue weighted by Gasteiger charge is -2.15. The quantitative estimate of drug-likeness (QED) is 0.732. The first kappa shape index (κ1) is 17.8. The molecular weight excluding hydrogens is 356 g/mol. The second-order valence-corrected chi connectivity index (χ2v) is 5.67. The molecule has 2 aromatic carbocycles. The van der Waals surface area contributed by atoms with E-state index >= 15 is 0 Å². The van der Waals surface area contributed by atoms with E-state index in [9.17, 15) is 0 Å². The standard InChI is InChI=1S/C18H17ClN4O3/c1-24-13-8-10(9-14(25-2)17(13)26-3)15-16(21-18(20)23-22-15)11-6-4-5-7-12(11)19/h4-9H,1-3H3,(H2,20,21,23). The lowest BCUT2D eigenvalue weighted by molar-refractivity contribution is 0.324. The number of aromatic nitrogens is 3. The first-order valence-corrected chi connectivity index (χ1v) is 8.02. The van der Waals surface area contributed by atoms with Crippen LogP contribution in [0.15, 0.2) is 36.4 Å². The molecule has 0 aliphatic heterocycles. The monoisotopic (exact) mass is 372 g/mol. The van der Waals surface area contributed by atoms with Crippen LogP contribution in [0.3, 0.4) is 0 Å². The minimum Gasteiger partial charge on any atom is -0.493 e. The molecule has 7 nitrogen and oxygen atoms in total. The fourth-order valence-electron chi connectivity index (χ4n) is 2.59. The molecule has 0 atom stereocenters. The van der Waals surface area contributed by atoms with Crippen LogP contribution in [0.2, 0.25) is 5.02 Å². The highest BCUT2D eigenvalue weighted by molar-refractivity contribution is 6.33. The number of nitrogen functional groups attached to an aromatic ring is 1. The highest BCUT2D eigenvalue weighted by atomic mass is 35.5. The molecule has 0 unspecified atom stereocenters. The topological polar surface area (TPSA) is 92.4 Å². The van der Waals surface area contributed by atoms with E-state index in [4.69, 9.17) is 31.5 Å². The van der Waals surface area contributed by atoms with E-state index in [0.717, 1.165) is 0 Å². The van der Waals surface area contributed by atoms with Crippen molar-refractivity contribution in [2.75, 3.05) is 27.1 Å². The molecule has 3 rings (SSSR count). The lowest BCUT2D eigenvalue weighted by atomic mass is 10.0. The Balaban J connectivity index is 2.27. The third-order valence-electron chi connectivity index (χ3n) is 3.77. The summed E-state index contributed by atoms with van der Waals surface area (Å²) >= 11 is 6.34. The highest BCUT2D eigenvalue weighted by Crippen LogP contribution is 2.42. The van der Waals surface area contributed by atoms with Gasteiger partial charge in [0.1, 0.15) is 11.4 Å². The van der Waals surface area contributed by atoms with Crippen molar-refractivity contribution in [3.63, 3.8) is 0 Å². The van der Waals surface area contributed by atoms with E-state index < -0.39 is 0 Å². The number of hydrogen-bond acceptors (Lipinski definition) is 7. The number of ether oxygens (including phenoxy) is 3. The summed E-state index contributed by atoms with van der Waals surface area (Å²) in [5.41, 5.74) is 8.13. The average molecular weight is 373 g/mol. The largest absolute Gasteiger partial charge is 0.493 e. The number of nitrogens with two attached hydrogens (primary N) is 1. The lowest BCUT2D eigenvalue weighted by Crippen LogP contribution is -2.03. The van der Waals surface area contributed by atoms with Crippen molar-refractivity contribution < 1.29 is 14.2 Å². The van der Waals surface area contributed by atoms with Crippen LogP contribution in [0.25, 0.3) is 22.5 Å². The van der Waals surface area contributed by atoms with Crippen molar-refractivity contribution in [3.05, 3.63) is 41.4 Å². The summed E-state index contributed by atoms with van der Waals surface area (Å²) in [6.07, 6.45) is 0. The van der Waals surface area contributed by atoms with Gasteiger partial charge in [-0.3, -0.25) is 0 Å². The van der Waals surface area contributed by atoms with Crippen LogP contribution in [0, 0.1) is 0 Å². The Morgan fingerprint density at radius 1 is 0.885 bits per heavy atom. The molecule has 26 heavy (non-hydrogen) atoms. The van der Waals surface area contributed by atoms with Gasteiger partial charge in [0.25, 0.3) is 0 Å².